The summed E-state index contributed by atoms with van der Waals surface area (Å²) in [6.45, 7) is 1.83. The van der Waals surface area contributed by atoms with Gasteiger partial charge in [0.25, 0.3) is 0 Å². The summed E-state index contributed by atoms with van der Waals surface area (Å²) in [7, 11) is 0. The molecule has 3 nitrogen and oxygen atoms in total. The normalized spacial score (nSPS) is 12.8. The number of nitrogens with two attached hydrogens (primary N) is 1. The third kappa shape index (κ3) is 2.29. The van der Waals surface area contributed by atoms with Crippen LogP contribution in [0.4, 0.5) is 4.39 Å². The van der Waals surface area contributed by atoms with Crippen LogP contribution >= 0.6 is 23.2 Å². The summed E-state index contributed by atoms with van der Waals surface area (Å²) < 4.78 is 15.0. The number of aromatic nitrogens is 2. The highest BCUT2D eigenvalue weighted by Gasteiger charge is 2.12. The molecular formula is C11H10Cl2FN3. The molecule has 1 heterocycles. The first-order valence-electron chi connectivity index (χ1n) is 4.93. The molecule has 1 aromatic heterocycles. The van der Waals surface area contributed by atoms with E-state index in [1.807, 2.05) is 6.92 Å². The molecule has 0 aliphatic carbocycles. The standard InChI is InChI=1S/C11H10Cl2FN3/c1-6(15)10-4-16-5-17(10)7-2-8(12)11(14)9(13)3-7/h2-6H,15H2,1H3/t6-/m1/s1. The number of benzene rings is 1. The van der Waals surface area contributed by atoms with E-state index >= 15 is 0 Å². The SMILES string of the molecule is C[C@@H](N)c1cncn1-c1cc(Cl)c(F)c(Cl)c1. The zero-order valence-electron chi connectivity index (χ0n) is 8.99. The number of hydrogen-bond donors (Lipinski definition) is 1. The van der Waals surface area contributed by atoms with Crippen LogP contribution in [-0.4, -0.2) is 9.55 Å². The minimum absolute atomic E-state index is 0.0307. The molecule has 0 bridgehead atoms. The molecular weight excluding hydrogens is 264 g/mol. The molecule has 90 valence electrons. The Morgan fingerprint density at radius 2 is 1.94 bits per heavy atom. The lowest BCUT2D eigenvalue weighted by atomic mass is 10.2. The maximum Gasteiger partial charge on any atom is 0.160 e. The fourth-order valence-corrected chi connectivity index (χ4v) is 2.01. The molecule has 0 saturated heterocycles. The molecule has 0 aliphatic rings. The number of hydrogen-bond acceptors (Lipinski definition) is 2. The lowest BCUT2D eigenvalue weighted by Gasteiger charge is -2.11. The molecule has 17 heavy (non-hydrogen) atoms. The van der Waals surface area contributed by atoms with E-state index in [1.165, 1.54) is 12.1 Å². The van der Waals surface area contributed by atoms with Crippen molar-refractivity contribution < 1.29 is 4.39 Å². The van der Waals surface area contributed by atoms with Gasteiger partial charge in [-0.1, -0.05) is 23.2 Å². The van der Waals surface area contributed by atoms with E-state index in [1.54, 1.807) is 17.1 Å². The van der Waals surface area contributed by atoms with Crippen LogP contribution in [0, 0.1) is 5.82 Å². The first kappa shape index (κ1) is 12.4. The Labute approximate surface area is 108 Å². The van der Waals surface area contributed by atoms with Gasteiger partial charge in [0.2, 0.25) is 0 Å². The van der Waals surface area contributed by atoms with Crippen molar-refractivity contribution in [1.82, 2.24) is 9.55 Å². The van der Waals surface area contributed by atoms with Crippen molar-refractivity contribution in [2.75, 3.05) is 0 Å². The molecule has 1 atom stereocenters. The summed E-state index contributed by atoms with van der Waals surface area (Å²) in [6.07, 6.45) is 3.23. The Morgan fingerprint density at radius 1 is 1.35 bits per heavy atom. The predicted octanol–water partition coefficient (Wildman–Crippen LogP) is 3.34. The van der Waals surface area contributed by atoms with Crippen LogP contribution in [0.25, 0.3) is 5.69 Å². The molecule has 1 aromatic carbocycles. The Balaban J connectivity index is 2.57. The van der Waals surface area contributed by atoms with Gasteiger partial charge < -0.3 is 10.3 Å². The smallest absolute Gasteiger partial charge is 0.160 e. The van der Waals surface area contributed by atoms with E-state index in [4.69, 9.17) is 28.9 Å². The van der Waals surface area contributed by atoms with E-state index in [0.29, 0.717) is 5.69 Å². The maximum absolute atomic E-state index is 13.3. The molecule has 2 aromatic rings. The van der Waals surface area contributed by atoms with Crippen molar-refractivity contribution in [3.05, 3.63) is 46.2 Å². The third-order valence-corrected chi connectivity index (χ3v) is 2.93. The molecule has 0 amide bonds. The summed E-state index contributed by atoms with van der Waals surface area (Å²) in [4.78, 5) is 4.00. The summed E-state index contributed by atoms with van der Waals surface area (Å²) in [5.74, 6) is -0.625. The lowest BCUT2D eigenvalue weighted by molar-refractivity contribution is 0.628. The van der Waals surface area contributed by atoms with Crippen LogP contribution in [0.5, 0.6) is 0 Å². The second kappa shape index (κ2) is 4.64. The molecule has 6 heteroatoms. The average molecular weight is 274 g/mol. The molecule has 0 fully saturated rings. The highest BCUT2D eigenvalue weighted by atomic mass is 35.5. The molecule has 0 radical (unpaired) electrons. The van der Waals surface area contributed by atoms with E-state index in [9.17, 15) is 4.39 Å². The first-order chi connectivity index (χ1) is 8.00. The summed E-state index contributed by atoms with van der Waals surface area (Å²) >= 11 is 11.5. The summed E-state index contributed by atoms with van der Waals surface area (Å²) in [6, 6.07) is 2.77. The van der Waals surface area contributed by atoms with Gasteiger partial charge in [-0.3, -0.25) is 0 Å². The van der Waals surface area contributed by atoms with E-state index < -0.39 is 5.82 Å². The first-order valence-corrected chi connectivity index (χ1v) is 5.69. The second-order valence-electron chi connectivity index (χ2n) is 3.70. The lowest BCUT2D eigenvalue weighted by Crippen LogP contribution is -2.10. The molecule has 2 N–H and O–H groups in total. The Kier molecular flexibility index (Phi) is 3.38. The van der Waals surface area contributed by atoms with Crippen LogP contribution in [0.1, 0.15) is 18.7 Å². The van der Waals surface area contributed by atoms with Crippen molar-refractivity contribution >= 4 is 23.2 Å². The van der Waals surface area contributed by atoms with E-state index in [2.05, 4.69) is 4.98 Å². The quantitative estimate of drug-likeness (QED) is 0.853. The Bertz CT molecular complexity index is 528. The molecule has 2 rings (SSSR count). The minimum Gasteiger partial charge on any atom is -0.323 e. The van der Waals surface area contributed by atoms with Crippen molar-refractivity contribution in [3.63, 3.8) is 0 Å². The minimum atomic E-state index is -0.625. The van der Waals surface area contributed by atoms with Gasteiger partial charge in [0.05, 0.1) is 28.3 Å². The summed E-state index contributed by atoms with van der Waals surface area (Å²) in [5, 5.41) is -0.0614. The van der Waals surface area contributed by atoms with E-state index in [-0.39, 0.29) is 16.1 Å². The van der Waals surface area contributed by atoms with Crippen molar-refractivity contribution in [1.29, 1.82) is 0 Å². The molecule has 0 spiro atoms. The Morgan fingerprint density at radius 3 is 2.47 bits per heavy atom. The van der Waals surface area contributed by atoms with Gasteiger partial charge in [0.1, 0.15) is 0 Å². The highest BCUT2D eigenvalue weighted by molar-refractivity contribution is 6.35. The van der Waals surface area contributed by atoms with Gasteiger partial charge in [-0.15, -0.1) is 0 Å². The number of halogens is 3. The highest BCUT2D eigenvalue weighted by Crippen LogP contribution is 2.27. The van der Waals surface area contributed by atoms with Crippen LogP contribution in [0.3, 0.4) is 0 Å². The van der Waals surface area contributed by atoms with Crippen LogP contribution in [-0.2, 0) is 0 Å². The number of rotatable bonds is 2. The van der Waals surface area contributed by atoms with Gasteiger partial charge >= 0.3 is 0 Å². The third-order valence-electron chi connectivity index (χ3n) is 2.38. The van der Waals surface area contributed by atoms with Gasteiger partial charge in [0, 0.05) is 11.7 Å². The topological polar surface area (TPSA) is 43.8 Å². The molecule has 0 aliphatic heterocycles. The summed E-state index contributed by atoms with van der Waals surface area (Å²) in [5.41, 5.74) is 7.23. The zero-order chi connectivity index (χ0) is 12.6. The molecule has 0 saturated carbocycles. The van der Waals surface area contributed by atoms with Crippen molar-refractivity contribution in [3.8, 4) is 5.69 Å². The largest absolute Gasteiger partial charge is 0.323 e. The van der Waals surface area contributed by atoms with Gasteiger partial charge in [-0.25, -0.2) is 9.37 Å². The second-order valence-corrected chi connectivity index (χ2v) is 4.51. The maximum atomic E-state index is 13.3. The number of nitrogens with zero attached hydrogens (tertiary/aromatic N) is 2. The predicted molar refractivity (Wildman–Crippen MR) is 66.1 cm³/mol. The van der Waals surface area contributed by atoms with Crippen LogP contribution < -0.4 is 5.73 Å². The molecule has 0 unspecified atom stereocenters. The monoisotopic (exact) mass is 273 g/mol. The zero-order valence-corrected chi connectivity index (χ0v) is 10.5. The van der Waals surface area contributed by atoms with Gasteiger partial charge in [0.15, 0.2) is 5.82 Å². The van der Waals surface area contributed by atoms with Crippen LogP contribution in [0.2, 0.25) is 10.0 Å². The van der Waals surface area contributed by atoms with Gasteiger partial charge in [-0.05, 0) is 19.1 Å². The fraction of sp³-hybridized carbons (Fsp3) is 0.182. The van der Waals surface area contributed by atoms with Crippen molar-refractivity contribution in [2.45, 2.75) is 13.0 Å². The van der Waals surface area contributed by atoms with E-state index in [0.717, 1.165) is 5.69 Å². The average Bonchev–Trinajstić information content (AvgIpc) is 2.74. The fourth-order valence-electron chi connectivity index (χ4n) is 1.54. The Hall–Kier alpha value is -1.10. The number of imidazole rings is 1. The van der Waals surface area contributed by atoms with Crippen LogP contribution in [0.15, 0.2) is 24.7 Å². The van der Waals surface area contributed by atoms with Gasteiger partial charge in [-0.2, -0.15) is 0 Å². The van der Waals surface area contributed by atoms with Crippen molar-refractivity contribution in [2.24, 2.45) is 5.73 Å².